The fourth-order valence-electron chi connectivity index (χ4n) is 3.98. The number of rotatable bonds is 4. The summed E-state index contributed by atoms with van der Waals surface area (Å²) >= 11 is 0. The molecular formula is C25H28ClN3. The molecule has 1 aliphatic carbocycles. The van der Waals surface area contributed by atoms with Gasteiger partial charge in [-0.1, -0.05) is 17.7 Å². The smallest absolute Gasteiger partial charge is 0.232 e. The van der Waals surface area contributed by atoms with Crippen molar-refractivity contribution in [1.82, 2.24) is 0 Å². The summed E-state index contributed by atoms with van der Waals surface area (Å²) in [7, 11) is 0. The van der Waals surface area contributed by atoms with E-state index >= 15 is 0 Å². The fourth-order valence-corrected chi connectivity index (χ4v) is 3.98. The Balaban J connectivity index is 0.00000240. The molecule has 1 aliphatic heterocycles. The number of anilines is 4. The summed E-state index contributed by atoms with van der Waals surface area (Å²) < 4.78 is 0. The van der Waals surface area contributed by atoms with E-state index in [2.05, 4.69) is 104 Å². The van der Waals surface area contributed by atoms with Crippen LogP contribution < -0.4 is 27.5 Å². The van der Waals surface area contributed by atoms with Gasteiger partial charge in [-0.15, -0.1) is 0 Å². The number of nitrogens with zero attached hydrogens (tertiary/aromatic N) is 2. The lowest BCUT2D eigenvalue weighted by molar-refractivity contribution is -0.00000578. The van der Waals surface area contributed by atoms with Crippen LogP contribution in [0.3, 0.4) is 0 Å². The average molecular weight is 406 g/mol. The molecule has 1 heterocycles. The first-order valence-electron chi connectivity index (χ1n) is 10.1. The molecule has 150 valence electrons. The van der Waals surface area contributed by atoms with E-state index < -0.39 is 0 Å². The molecule has 0 fully saturated rings. The first kappa shape index (κ1) is 21.0. The first-order chi connectivity index (χ1) is 13.5. The van der Waals surface area contributed by atoms with E-state index in [1.54, 1.807) is 0 Å². The zero-order valence-electron chi connectivity index (χ0n) is 17.8. The maximum absolute atomic E-state index is 3.62. The van der Waals surface area contributed by atoms with Gasteiger partial charge in [-0.3, -0.25) is 4.90 Å². The van der Waals surface area contributed by atoms with Crippen molar-refractivity contribution in [2.75, 3.05) is 28.2 Å². The van der Waals surface area contributed by atoms with Crippen molar-refractivity contribution in [1.29, 1.82) is 0 Å². The van der Waals surface area contributed by atoms with Crippen molar-refractivity contribution in [3.05, 3.63) is 82.7 Å². The molecule has 2 aromatic rings. The van der Waals surface area contributed by atoms with Crippen LogP contribution in [0.5, 0.6) is 0 Å². The van der Waals surface area contributed by atoms with E-state index in [-0.39, 0.29) is 12.4 Å². The number of allylic oxidation sites excluding steroid dienone is 4. The van der Waals surface area contributed by atoms with Gasteiger partial charge in [0.2, 0.25) is 5.70 Å². The Hall–Kier alpha value is -2.74. The van der Waals surface area contributed by atoms with E-state index in [0.29, 0.717) is 0 Å². The lowest BCUT2D eigenvalue weighted by atomic mass is 10.0. The molecule has 0 saturated heterocycles. The normalized spacial score (nSPS) is 14.2. The zero-order chi connectivity index (χ0) is 19.8. The molecule has 1 N–H and O–H groups in total. The maximum atomic E-state index is 3.62. The van der Waals surface area contributed by atoms with Crippen molar-refractivity contribution >= 4 is 22.7 Å². The van der Waals surface area contributed by atoms with Crippen molar-refractivity contribution < 1.29 is 12.4 Å². The predicted octanol–water partition coefficient (Wildman–Crippen LogP) is 3.25. The van der Waals surface area contributed by atoms with Crippen molar-refractivity contribution in [3.8, 4) is 0 Å². The molecular weight excluding hydrogens is 378 g/mol. The van der Waals surface area contributed by atoms with Crippen molar-refractivity contribution in [2.24, 2.45) is 0 Å². The Bertz CT molecular complexity index is 995. The third-order valence-electron chi connectivity index (χ3n) is 5.52. The van der Waals surface area contributed by atoms with Gasteiger partial charge >= 0.3 is 0 Å². The molecule has 4 heteroatoms. The van der Waals surface area contributed by atoms with E-state index in [9.17, 15) is 0 Å². The molecule has 29 heavy (non-hydrogen) atoms. The van der Waals surface area contributed by atoms with Gasteiger partial charge in [0.05, 0.1) is 35.3 Å². The highest BCUT2D eigenvalue weighted by Gasteiger charge is 2.33. The molecule has 0 radical (unpaired) electrons. The minimum Gasteiger partial charge on any atom is -1.00 e. The van der Waals surface area contributed by atoms with E-state index in [1.165, 1.54) is 28.2 Å². The second kappa shape index (κ2) is 8.32. The van der Waals surface area contributed by atoms with Gasteiger partial charge in [-0.05, 0) is 64.4 Å². The molecule has 0 aromatic heterocycles. The summed E-state index contributed by atoms with van der Waals surface area (Å²) in [5.41, 5.74) is 10.6. The van der Waals surface area contributed by atoms with Crippen LogP contribution in [0, 0.1) is 19.9 Å². The van der Waals surface area contributed by atoms with Crippen LogP contribution in [0.15, 0.2) is 65.5 Å². The SMILES string of the molecule is CCN(CC)c1cc2c(cc1C)NC1=C(C=CC(C)=[C+]1)N2c1ccc(C)cc1.[Cl-]. The third-order valence-corrected chi connectivity index (χ3v) is 5.52. The number of nitrogens with one attached hydrogen (secondary N) is 1. The number of halogens is 1. The maximum Gasteiger partial charge on any atom is 0.232 e. The van der Waals surface area contributed by atoms with Gasteiger partial charge < -0.3 is 22.6 Å². The van der Waals surface area contributed by atoms with Gasteiger partial charge in [-0.2, -0.15) is 0 Å². The number of benzene rings is 2. The molecule has 2 aromatic carbocycles. The molecule has 0 amide bonds. The monoisotopic (exact) mass is 405 g/mol. The minimum atomic E-state index is 0. The lowest BCUT2D eigenvalue weighted by Crippen LogP contribution is -3.00. The van der Waals surface area contributed by atoms with Gasteiger partial charge in [0.1, 0.15) is 5.57 Å². The van der Waals surface area contributed by atoms with E-state index in [4.69, 9.17) is 0 Å². The Morgan fingerprint density at radius 3 is 2.31 bits per heavy atom. The minimum absolute atomic E-state index is 0. The molecule has 0 atom stereocenters. The molecule has 2 aliphatic rings. The van der Waals surface area contributed by atoms with Gasteiger partial charge in [-0.25, -0.2) is 0 Å². The largest absolute Gasteiger partial charge is 1.00 e. The summed E-state index contributed by atoms with van der Waals surface area (Å²) in [4.78, 5) is 4.77. The number of hydrogen-bond donors (Lipinski definition) is 1. The quantitative estimate of drug-likeness (QED) is 0.788. The van der Waals surface area contributed by atoms with Gasteiger partial charge in [0, 0.05) is 18.8 Å². The highest BCUT2D eigenvalue weighted by molar-refractivity contribution is 5.89. The third kappa shape index (κ3) is 3.76. The topological polar surface area (TPSA) is 18.5 Å². The summed E-state index contributed by atoms with van der Waals surface area (Å²) in [5, 5.41) is 3.62. The van der Waals surface area contributed by atoms with Crippen LogP contribution in [0.4, 0.5) is 22.7 Å². The summed E-state index contributed by atoms with van der Waals surface area (Å²) in [6.45, 7) is 12.8. The molecule has 0 saturated carbocycles. The molecule has 3 nitrogen and oxygen atoms in total. The first-order valence-corrected chi connectivity index (χ1v) is 10.1. The van der Waals surface area contributed by atoms with Crippen LogP contribution >= 0.6 is 0 Å². The van der Waals surface area contributed by atoms with Crippen LogP contribution in [0.1, 0.15) is 31.9 Å². The van der Waals surface area contributed by atoms with Crippen molar-refractivity contribution in [2.45, 2.75) is 34.6 Å². The predicted molar refractivity (Wildman–Crippen MR) is 120 cm³/mol. The van der Waals surface area contributed by atoms with Crippen LogP contribution in [0.25, 0.3) is 0 Å². The fraction of sp³-hybridized carbons (Fsp3) is 0.280. The van der Waals surface area contributed by atoms with Gasteiger partial charge in [0.15, 0.2) is 5.70 Å². The zero-order valence-corrected chi connectivity index (χ0v) is 18.6. The molecule has 4 rings (SSSR count). The number of aryl methyl sites for hydroxylation is 2. The average Bonchev–Trinajstić information content (AvgIpc) is 2.68. The van der Waals surface area contributed by atoms with Gasteiger partial charge in [0.25, 0.3) is 0 Å². The molecule has 0 bridgehead atoms. The standard InChI is InChI=1S/C25H28N3.ClH/c1-6-27(7-2)24-16-25-22(15-19(24)5)26-21-14-18(4)10-13-23(21)28(25)20-11-8-17(3)9-12-20;/h8-13,15-16,26H,6-7H2,1-5H3;1H/q+1;/p-1. The van der Waals surface area contributed by atoms with E-state index in [1.807, 2.05) is 0 Å². The number of fused-ring (bicyclic) bond motifs is 1. The summed E-state index contributed by atoms with van der Waals surface area (Å²) in [5.74, 6) is 0. The Morgan fingerprint density at radius 1 is 0.966 bits per heavy atom. The Kier molecular flexibility index (Phi) is 6.02. The molecule has 0 unspecified atom stereocenters. The second-order valence-corrected chi connectivity index (χ2v) is 7.53. The summed E-state index contributed by atoms with van der Waals surface area (Å²) in [6, 6.07) is 13.3. The molecule has 0 spiro atoms. The van der Waals surface area contributed by atoms with E-state index in [0.717, 1.165) is 35.7 Å². The summed E-state index contributed by atoms with van der Waals surface area (Å²) in [6.07, 6.45) is 7.82. The van der Waals surface area contributed by atoms with Crippen molar-refractivity contribution in [3.63, 3.8) is 0 Å². The van der Waals surface area contributed by atoms with Crippen LogP contribution in [-0.2, 0) is 0 Å². The second-order valence-electron chi connectivity index (χ2n) is 7.53. The van der Waals surface area contributed by atoms with Crippen LogP contribution in [-0.4, -0.2) is 13.1 Å². The highest BCUT2D eigenvalue weighted by Crippen LogP contribution is 2.45. The Morgan fingerprint density at radius 2 is 1.66 bits per heavy atom. The van der Waals surface area contributed by atoms with Crippen LogP contribution in [0.2, 0.25) is 0 Å². The Labute approximate surface area is 180 Å². The number of hydrogen-bond acceptors (Lipinski definition) is 3. The lowest BCUT2D eigenvalue weighted by Gasteiger charge is -2.33. The highest BCUT2D eigenvalue weighted by atomic mass is 35.5.